The first kappa shape index (κ1) is 11.3. The zero-order valence-corrected chi connectivity index (χ0v) is 9.27. The van der Waals surface area contributed by atoms with Crippen LogP contribution in [0.2, 0.25) is 0 Å². The maximum absolute atomic E-state index is 11.6. The Kier molecular flexibility index (Phi) is 2.67. The molecule has 0 spiro atoms. The minimum absolute atomic E-state index is 0.0607. The molecule has 0 fully saturated rings. The molecule has 1 heterocycles. The van der Waals surface area contributed by atoms with Crippen molar-refractivity contribution in [1.82, 2.24) is 0 Å². The highest BCUT2D eigenvalue weighted by Crippen LogP contribution is 2.28. The fourth-order valence-electron chi connectivity index (χ4n) is 1.92. The van der Waals surface area contributed by atoms with Crippen LogP contribution >= 0.6 is 0 Å². The van der Waals surface area contributed by atoms with E-state index in [2.05, 4.69) is 0 Å². The van der Waals surface area contributed by atoms with Gasteiger partial charge in [0.1, 0.15) is 0 Å². The van der Waals surface area contributed by atoms with Crippen LogP contribution in [-0.2, 0) is 4.79 Å². The Bertz CT molecular complexity index is 521. The summed E-state index contributed by atoms with van der Waals surface area (Å²) in [6.07, 6.45) is 0.277. The summed E-state index contributed by atoms with van der Waals surface area (Å²) in [5.41, 5.74) is 0.884. The molecular formula is C12H11NO4. The van der Waals surface area contributed by atoms with E-state index < -0.39 is 5.97 Å². The third-order valence-corrected chi connectivity index (χ3v) is 2.78. The lowest BCUT2D eigenvalue weighted by atomic mass is 9.98. The average molecular weight is 233 g/mol. The van der Waals surface area contributed by atoms with Gasteiger partial charge in [-0.05, 0) is 18.2 Å². The molecule has 88 valence electrons. The molecule has 0 bridgehead atoms. The van der Waals surface area contributed by atoms with Crippen molar-refractivity contribution >= 4 is 23.3 Å². The molecular weight excluding hydrogens is 222 g/mol. The van der Waals surface area contributed by atoms with Gasteiger partial charge < -0.3 is 10.0 Å². The van der Waals surface area contributed by atoms with E-state index in [9.17, 15) is 14.4 Å². The molecule has 0 aliphatic carbocycles. The Morgan fingerprint density at radius 3 is 2.65 bits per heavy atom. The summed E-state index contributed by atoms with van der Waals surface area (Å²) in [5, 5.41) is 8.89. The summed E-state index contributed by atoms with van der Waals surface area (Å²) in [4.78, 5) is 35.4. The number of nitrogens with zero attached hydrogens (tertiary/aromatic N) is 1. The average Bonchev–Trinajstić information content (AvgIpc) is 2.28. The zero-order chi connectivity index (χ0) is 12.6. The zero-order valence-electron chi connectivity index (χ0n) is 9.27. The first-order chi connectivity index (χ1) is 8.00. The maximum Gasteiger partial charge on any atom is 0.335 e. The monoisotopic (exact) mass is 233 g/mol. The van der Waals surface area contributed by atoms with E-state index in [1.165, 1.54) is 30.0 Å². The number of hydrogen-bond acceptors (Lipinski definition) is 3. The summed E-state index contributed by atoms with van der Waals surface area (Å²) >= 11 is 0. The summed E-state index contributed by atoms with van der Waals surface area (Å²) in [5.74, 6) is -1.33. The Balaban J connectivity index is 2.57. The molecule has 0 aromatic heterocycles. The van der Waals surface area contributed by atoms with E-state index in [0.29, 0.717) is 17.8 Å². The molecule has 17 heavy (non-hydrogen) atoms. The molecule has 1 aromatic carbocycles. The number of anilines is 1. The van der Waals surface area contributed by atoms with Gasteiger partial charge >= 0.3 is 5.97 Å². The van der Waals surface area contributed by atoms with Gasteiger partial charge in [0.05, 0.1) is 11.3 Å². The Morgan fingerprint density at radius 1 is 1.35 bits per heavy atom. The molecule has 1 amide bonds. The Hall–Kier alpha value is -2.17. The Morgan fingerprint density at radius 2 is 2.06 bits per heavy atom. The lowest BCUT2D eigenvalue weighted by Crippen LogP contribution is -2.35. The predicted octanol–water partition coefficient (Wildman–Crippen LogP) is 1.32. The molecule has 2 rings (SSSR count). The fourth-order valence-corrected chi connectivity index (χ4v) is 1.92. The smallest absolute Gasteiger partial charge is 0.335 e. The lowest BCUT2D eigenvalue weighted by Gasteiger charge is -2.27. The highest BCUT2D eigenvalue weighted by molar-refractivity contribution is 6.09. The predicted molar refractivity (Wildman–Crippen MR) is 60.4 cm³/mol. The molecule has 0 saturated heterocycles. The number of amides is 1. The van der Waals surface area contributed by atoms with Gasteiger partial charge in [-0.2, -0.15) is 0 Å². The fraction of sp³-hybridized carbons (Fsp3) is 0.250. The lowest BCUT2D eigenvalue weighted by molar-refractivity contribution is -0.116. The quantitative estimate of drug-likeness (QED) is 0.793. The number of carboxylic acid groups (broad SMARTS) is 1. The van der Waals surface area contributed by atoms with E-state index in [4.69, 9.17) is 5.11 Å². The van der Waals surface area contributed by atoms with E-state index in [1.54, 1.807) is 0 Å². The van der Waals surface area contributed by atoms with Crippen LogP contribution in [0.15, 0.2) is 18.2 Å². The highest BCUT2D eigenvalue weighted by atomic mass is 16.4. The largest absolute Gasteiger partial charge is 0.478 e. The van der Waals surface area contributed by atoms with Crippen LogP contribution < -0.4 is 4.90 Å². The number of rotatable bonds is 1. The molecule has 0 unspecified atom stereocenters. The molecule has 0 atom stereocenters. The molecule has 5 nitrogen and oxygen atoms in total. The number of carbonyl (C=O) groups is 3. The highest BCUT2D eigenvalue weighted by Gasteiger charge is 2.26. The van der Waals surface area contributed by atoms with Gasteiger partial charge in [-0.15, -0.1) is 0 Å². The summed E-state index contributed by atoms with van der Waals surface area (Å²) in [6.45, 7) is 1.71. The van der Waals surface area contributed by atoms with Gasteiger partial charge in [0.2, 0.25) is 5.91 Å². The first-order valence-electron chi connectivity index (χ1n) is 5.19. The normalized spacial score (nSPS) is 14.4. The van der Waals surface area contributed by atoms with Crippen LogP contribution in [0.1, 0.15) is 34.1 Å². The van der Waals surface area contributed by atoms with Gasteiger partial charge in [0.15, 0.2) is 5.78 Å². The van der Waals surface area contributed by atoms with Crippen LogP contribution in [0.5, 0.6) is 0 Å². The number of ketones is 1. The van der Waals surface area contributed by atoms with Crippen LogP contribution in [-0.4, -0.2) is 29.3 Å². The van der Waals surface area contributed by atoms with Crippen molar-refractivity contribution in [3.8, 4) is 0 Å². The molecule has 1 aliphatic rings. The van der Waals surface area contributed by atoms with Gasteiger partial charge in [0, 0.05) is 25.5 Å². The number of hydrogen-bond donors (Lipinski definition) is 1. The molecule has 0 saturated carbocycles. The van der Waals surface area contributed by atoms with Crippen molar-refractivity contribution in [2.45, 2.75) is 13.3 Å². The maximum atomic E-state index is 11.6. The van der Waals surface area contributed by atoms with E-state index in [-0.39, 0.29) is 23.7 Å². The van der Waals surface area contributed by atoms with Crippen molar-refractivity contribution < 1.29 is 19.5 Å². The van der Waals surface area contributed by atoms with Crippen LogP contribution in [0.25, 0.3) is 0 Å². The number of Topliss-reactive ketones (excluding diaryl/α,β-unsaturated/α-hetero) is 1. The van der Waals surface area contributed by atoms with Crippen molar-refractivity contribution in [3.63, 3.8) is 0 Å². The van der Waals surface area contributed by atoms with Gasteiger partial charge in [0.25, 0.3) is 0 Å². The minimum Gasteiger partial charge on any atom is -0.478 e. The van der Waals surface area contributed by atoms with Crippen molar-refractivity contribution in [2.24, 2.45) is 0 Å². The summed E-state index contributed by atoms with van der Waals surface area (Å²) in [6, 6.07) is 4.22. The second-order valence-electron chi connectivity index (χ2n) is 3.88. The van der Waals surface area contributed by atoms with Crippen molar-refractivity contribution in [1.29, 1.82) is 0 Å². The summed E-state index contributed by atoms with van der Waals surface area (Å²) in [7, 11) is 0. The summed E-state index contributed by atoms with van der Waals surface area (Å²) < 4.78 is 0. The van der Waals surface area contributed by atoms with Gasteiger partial charge in [-0.3, -0.25) is 9.59 Å². The van der Waals surface area contributed by atoms with Crippen LogP contribution in [0.3, 0.4) is 0 Å². The third-order valence-electron chi connectivity index (χ3n) is 2.78. The molecule has 1 aliphatic heterocycles. The second kappa shape index (κ2) is 4.01. The Labute approximate surface area is 97.7 Å². The minimum atomic E-state index is -1.07. The van der Waals surface area contributed by atoms with Gasteiger partial charge in [-0.25, -0.2) is 4.79 Å². The van der Waals surface area contributed by atoms with Crippen LogP contribution in [0.4, 0.5) is 5.69 Å². The van der Waals surface area contributed by atoms with E-state index >= 15 is 0 Å². The molecule has 1 N–H and O–H groups in total. The topological polar surface area (TPSA) is 74.7 Å². The number of benzene rings is 1. The second-order valence-corrected chi connectivity index (χ2v) is 3.88. The first-order valence-corrected chi connectivity index (χ1v) is 5.19. The van der Waals surface area contributed by atoms with E-state index in [1.807, 2.05) is 0 Å². The molecule has 0 radical (unpaired) electrons. The van der Waals surface area contributed by atoms with Gasteiger partial charge in [-0.1, -0.05) is 0 Å². The van der Waals surface area contributed by atoms with Crippen molar-refractivity contribution in [2.75, 3.05) is 11.4 Å². The molecule has 5 heteroatoms. The standard InChI is InChI=1S/C12H11NO4/c1-7(14)13-5-4-11(15)9-3-2-8(12(16)17)6-10(9)13/h2-3,6H,4-5H2,1H3,(H,16,17). The number of aromatic carboxylic acids is 1. The SMILES string of the molecule is CC(=O)N1CCC(=O)c2ccc(C(=O)O)cc21. The number of carboxylic acids is 1. The number of carbonyl (C=O) groups excluding carboxylic acids is 2. The van der Waals surface area contributed by atoms with E-state index in [0.717, 1.165) is 0 Å². The third kappa shape index (κ3) is 1.91. The number of fused-ring (bicyclic) bond motifs is 1. The van der Waals surface area contributed by atoms with Crippen LogP contribution in [0, 0.1) is 0 Å². The molecule has 1 aromatic rings. The van der Waals surface area contributed by atoms with Crippen molar-refractivity contribution in [3.05, 3.63) is 29.3 Å².